The van der Waals surface area contributed by atoms with Crippen LogP contribution in [0, 0.1) is 0 Å². The molecule has 0 saturated carbocycles. The van der Waals surface area contributed by atoms with Crippen LogP contribution in [0.2, 0.25) is 0 Å². The Morgan fingerprint density at radius 1 is 0.786 bits per heavy atom. The Morgan fingerprint density at radius 2 is 1.33 bits per heavy atom. The SMILES string of the molecule is NC(Cc1ccc(O)cc1)C(=O)NC(Cc1ccccc1)C(=O)N1CCCC1C(=O)NC(Cc1ccccc1)C(=O)O. The predicted molar refractivity (Wildman–Crippen MR) is 156 cm³/mol. The van der Waals surface area contributed by atoms with Crippen molar-refractivity contribution in [3.63, 3.8) is 0 Å². The number of aliphatic carboxylic acids is 1. The number of hydrogen-bond donors (Lipinski definition) is 5. The molecule has 10 nitrogen and oxygen atoms in total. The van der Waals surface area contributed by atoms with Crippen molar-refractivity contribution in [3.05, 3.63) is 102 Å². The Bertz CT molecular complexity index is 1370. The maximum atomic E-state index is 13.9. The van der Waals surface area contributed by atoms with Gasteiger partial charge in [0, 0.05) is 19.4 Å². The fourth-order valence-electron chi connectivity index (χ4n) is 5.13. The highest BCUT2D eigenvalue weighted by atomic mass is 16.4. The normalized spacial score (nSPS) is 16.7. The van der Waals surface area contributed by atoms with Gasteiger partial charge in [-0.15, -0.1) is 0 Å². The minimum Gasteiger partial charge on any atom is -0.508 e. The number of nitrogens with one attached hydrogen (secondary N) is 2. The van der Waals surface area contributed by atoms with Crippen LogP contribution in [0.15, 0.2) is 84.9 Å². The van der Waals surface area contributed by atoms with Crippen LogP contribution in [-0.2, 0) is 38.4 Å². The minimum absolute atomic E-state index is 0.101. The third kappa shape index (κ3) is 8.17. The molecule has 1 fully saturated rings. The van der Waals surface area contributed by atoms with Crippen LogP contribution in [-0.4, -0.2) is 69.5 Å². The van der Waals surface area contributed by atoms with Crippen molar-refractivity contribution in [1.82, 2.24) is 15.5 Å². The molecule has 1 saturated heterocycles. The highest BCUT2D eigenvalue weighted by Crippen LogP contribution is 2.21. The van der Waals surface area contributed by atoms with Crippen LogP contribution in [0.4, 0.5) is 0 Å². The van der Waals surface area contributed by atoms with Crippen molar-refractivity contribution >= 4 is 23.7 Å². The first kappa shape index (κ1) is 30.3. The summed E-state index contributed by atoms with van der Waals surface area (Å²) >= 11 is 0. The van der Waals surface area contributed by atoms with E-state index in [2.05, 4.69) is 10.6 Å². The molecule has 10 heteroatoms. The lowest BCUT2D eigenvalue weighted by molar-refractivity contribution is -0.144. The number of carbonyl (C=O) groups excluding carboxylic acids is 3. The maximum Gasteiger partial charge on any atom is 0.326 e. The molecule has 6 N–H and O–H groups in total. The van der Waals surface area contributed by atoms with Gasteiger partial charge in [0.1, 0.15) is 23.9 Å². The van der Waals surface area contributed by atoms with Gasteiger partial charge in [-0.1, -0.05) is 72.8 Å². The van der Waals surface area contributed by atoms with Crippen molar-refractivity contribution in [3.8, 4) is 5.75 Å². The third-order valence-corrected chi connectivity index (χ3v) is 7.36. The van der Waals surface area contributed by atoms with Gasteiger partial charge in [-0.25, -0.2) is 4.79 Å². The lowest BCUT2D eigenvalue weighted by atomic mass is 10.0. The second-order valence-electron chi connectivity index (χ2n) is 10.5. The monoisotopic (exact) mass is 572 g/mol. The summed E-state index contributed by atoms with van der Waals surface area (Å²) in [5.41, 5.74) is 8.52. The fourth-order valence-corrected chi connectivity index (χ4v) is 5.13. The maximum absolute atomic E-state index is 13.9. The summed E-state index contributed by atoms with van der Waals surface area (Å²) in [6.07, 6.45) is 1.43. The largest absolute Gasteiger partial charge is 0.508 e. The van der Waals surface area contributed by atoms with Gasteiger partial charge in [0.25, 0.3) is 0 Å². The number of benzene rings is 3. The summed E-state index contributed by atoms with van der Waals surface area (Å²) in [6, 6.07) is 20.6. The Balaban J connectivity index is 1.47. The fraction of sp³-hybridized carbons (Fsp3) is 0.312. The molecule has 0 aromatic heterocycles. The number of phenolic OH excluding ortho intramolecular Hbond substituents is 1. The molecule has 42 heavy (non-hydrogen) atoms. The van der Waals surface area contributed by atoms with E-state index in [1.807, 2.05) is 36.4 Å². The number of carboxylic acid groups (broad SMARTS) is 1. The average molecular weight is 573 g/mol. The Morgan fingerprint density at radius 3 is 1.90 bits per heavy atom. The number of hydrogen-bond acceptors (Lipinski definition) is 6. The Kier molecular flexibility index (Phi) is 10.3. The van der Waals surface area contributed by atoms with Gasteiger partial charge in [0.2, 0.25) is 17.7 Å². The number of nitrogens with two attached hydrogens (primary N) is 1. The zero-order valence-corrected chi connectivity index (χ0v) is 23.2. The molecular weight excluding hydrogens is 536 g/mol. The lowest BCUT2D eigenvalue weighted by Gasteiger charge is -2.30. The zero-order valence-electron chi connectivity index (χ0n) is 23.2. The van der Waals surface area contributed by atoms with Crippen molar-refractivity contribution < 1.29 is 29.4 Å². The number of nitrogens with zero attached hydrogens (tertiary/aromatic N) is 1. The number of aromatic hydroxyl groups is 1. The number of phenols is 1. The molecule has 3 aromatic rings. The van der Waals surface area contributed by atoms with Crippen LogP contribution in [0.3, 0.4) is 0 Å². The predicted octanol–water partition coefficient (Wildman–Crippen LogP) is 1.79. The summed E-state index contributed by atoms with van der Waals surface area (Å²) in [5, 5.41) is 24.7. The van der Waals surface area contributed by atoms with Crippen LogP contribution in [0.5, 0.6) is 5.75 Å². The number of carboxylic acids is 1. The molecule has 0 spiro atoms. The molecule has 0 radical (unpaired) electrons. The molecule has 1 aliphatic heterocycles. The number of amides is 3. The standard InChI is InChI=1S/C32H36N4O6/c33-25(18-23-13-15-24(37)16-14-23)29(38)34-26(19-21-8-3-1-4-9-21)31(40)36-17-7-12-28(36)30(39)35-27(32(41)42)20-22-10-5-2-6-11-22/h1-6,8-11,13-16,25-28,37H,7,12,17-20,33H2,(H,34,38)(H,35,39)(H,41,42). The van der Waals surface area contributed by atoms with Gasteiger partial charge in [0.15, 0.2) is 0 Å². The molecule has 1 heterocycles. The number of likely N-dealkylation sites (tertiary alicyclic amines) is 1. The van der Waals surface area contributed by atoms with E-state index in [0.717, 1.165) is 16.7 Å². The molecule has 0 aliphatic carbocycles. The quantitative estimate of drug-likeness (QED) is 0.221. The first-order valence-electron chi connectivity index (χ1n) is 14.0. The highest BCUT2D eigenvalue weighted by molar-refractivity contribution is 5.94. The van der Waals surface area contributed by atoms with Gasteiger partial charge in [0.05, 0.1) is 6.04 Å². The van der Waals surface area contributed by atoms with E-state index in [1.165, 1.54) is 17.0 Å². The van der Waals surface area contributed by atoms with Gasteiger partial charge in [-0.2, -0.15) is 0 Å². The molecule has 4 unspecified atom stereocenters. The first-order chi connectivity index (χ1) is 20.2. The smallest absolute Gasteiger partial charge is 0.326 e. The third-order valence-electron chi connectivity index (χ3n) is 7.36. The summed E-state index contributed by atoms with van der Waals surface area (Å²) < 4.78 is 0. The molecule has 0 bridgehead atoms. The van der Waals surface area contributed by atoms with Gasteiger partial charge < -0.3 is 31.5 Å². The number of carbonyl (C=O) groups is 4. The van der Waals surface area contributed by atoms with Crippen LogP contribution < -0.4 is 16.4 Å². The summed E-state index contributed by atoms with van der Waals surface area (Å²) in [5.74, 6) is -2.56. The zero-order chi connectivity index (χ0) is 30.1. The van der Waals surface area contributed by atoms with E-state index >= 15 is 0 Å². The Labute approximate surface area is 244 Å². The van der Waals surface area contributed by atoms with E-state index < -0.39 is 47.9 Å². The molecule has 3 aromatic carbocycles. The van der Waals surface area contributed by atoms with Gasteiger partial charge in [-0.05, 0) is 48.1 Å². The van der Waals surface area contributed by atoms with E-state index in [9.17, 15) is 29.4 Å². The van der Waals surface area contributed by atoms with Gasteiger partial charge in [-0.3, -0.25) is 14.4 Å². The molecule has 220 valence electrons. The number of rotatable bonds is 12. The highest BCUT2D eigenvalue weighted by Gasteiger charge is 2.39. The van der Waals surface area contributed by atoms with Crippen LogP contribution in [0.1, 0.15) is 29.5 Å². The van der Waals surface area contributed by atoms with Crippen molar-refractivity contribution in [2.75, 3.05) is 6.54 Å². The second kappa shape index (κ2) is 14.3. The van der Waals surface area contributed by atoms with Crippen molar-refractivity contribution in [2.45, 2.75) is 56.3 Å². The summed E-state index contributed by atoms with van der Waals surface area (Å²) in [6.45, 7) is 0.300. The van der Waals surface area contributed by atoms with E-state index in [1.54, 1.807) is 36.4 Å². The van der Waals surface area contributed by atoms with Crippen LogP contribution >= 0.6 is 0 Å². The van der Waals surface area contributed by atoms with E-state index in [-0.39, 0.29) is 25.0 Å². The van der Waals surface area contributed by atoms with Crippen molar-refractivity contribution in [1.29, 1.82) is 0 Å². The summed E-state index contributed by atoms with van der Waals surface area (Å²) in [7, 11) is 0. The molecule has 4 rings (SSSR count). The molecule has 3 amide bonds. The molecule has 4 atom stereocenters. The molecule has 1 aliphatic rings. The average Bonchev–Trinajstić information content (AvgIpc) is 3.48. The van der Waals surface area contributed by atoms with E-state index in [0.29, 0.717) is 19.4 Å². The molecular formula is C32H36N4O6. The summed E-state index contributed by atoms with van der Waals surface area (Å²) in [4.78, 5) is 53.7. The van der Waals surface area contributed by atoms with Gasteiger partial charge >= 0.3 is 5.97 Å². The topological polar surface area (TPSA) is 162 Å². The lowest BCUT2D eigenvalue weighted by Crippen LogP contribution is -2.57. The van der Waals surface area contributed by atoms with E-state index in [4.69, 9.17) is 5.73 Å². The van der Waals surface area contributed by atoms with Crippen LogP contribution in [0.25, 0.3) is 0 Å². The second-order valence-corrected chi connectivity index (χ2v) is 10.5. The van der Waals surface area contributed by atoms with Crippen molar-refractivity contribution in [2.24, 2.45) is 5.73 Å². The Hall–Kier alpha value is -4.70. The first-order valence-corrected chi connectivity index (χ1v) is 14.0. The minimum atomic E-state index is -1.17.